The Morgan fingerprint density at radius 2 is 1.85 bits per heavy atom. The van der Waals surface area contributed by atoms with Crippen LogP contribution in [-0.2, 0) is 6.42 Å². The molecule has 0 spiro atoms. The normalized spacial score (nSPS) is 21.1. The molecule has 27 heavy (non-hydrogen) atoms. The van der Waals surface area contributed by atoms with Gasteiger partial charge in [0.05, 0.1) is 0 Å². The number of anilines is 1. The van der Waals surface area contributed by atoms with Crippen molar-refractivity contribution in [1.82, 2.24) is 5.32 Å². The number of benzene rings is 2. The predicted molar refractivity (Wildman–Crippen MR) is 111 cm³/mol. The molecular weight excluding hydrogens is 332 g/mol. The van der Waals surface area contributed by atoms with Crippen molar-refractivity contribution in [2.24, 2.45) is 5.92 Å². The number of nitrogens with one attached hydrogen (secondary N) is 2. The van der Waals surface area contributed by atoms with Crippen molar-refractivity contribution in [3.63, 3.8) is 0 Å². The van der Waals surface area contributed by atoms with Crippen molar-refractivity contribution in [2.75, 3.05) is 11.9 Å². The molecule has 0 aliphatic heterocycles. The Kier molecular flexibility index (Phi) is 5.58. The predicted octanol–water partition coefficient (Wildman–Crippen LogP) is 5.14. The van der Waals surface area contributed by atoms with Crippen LogP contribution in [0.2, 0.25) is 0 Å². The first-order chi connectivity index (χ1) is 13.2. The van der Waals surface area contributed by atoms with Gasteiger partial charge in [-0.15, -0.1) is 0 Å². The summed E-state index contributed by atoms with van der Waals surface area (Å²) in [5.74, 6) is 1.57. The first-order valence-corrected chi connectivity index (χ1v) is 10.5. The average Bonchev–Trinajstić information content (AvgIpc) is 3.60. The van der Waals surface area contributed by atoms with Gasteiger partial charge in [0.2, 0.25) is 0 Å². The van der Waals surface area contributed by atoms with Gasteiger partial charge in [-0.2, -0.15) is 0 Å². The molecule has 2 unspecified atom stereocenters. The zero-order valence-corrected chi connectivity index (χ0v) is 16.2. The van der Waals surface area contributed by atoms with Crippen molar-refractivity contribution in [3.8, 4) is 0 Å². The van der Waals surface area contributed by atoms with Crippen LogP contribution in [0, 0.1) is 5.92 Å². The lowest BCUT2D eigenvalue weighted by Gasteiger charge is -2.11. The van der Waals surface area contributed by atoms with Crippen molar-refractivity contribution >= 4 is 11.6 Å². The second kappa shape index (κ2) is 8.26. The van der Waals surface area contributed by atoms with E-state index in [-0.39, 0.29) is 5.91 Å². The number of rotatable bonds is 9. The highest BCUT2D eigenvalue weighted by molar-refractivity contribution is 6.05. The van der Waals surface area contributed by atoms with Crippen LogP contribution in [0.4, 0.5) is 5.69 Å². The zero-order chi connectivity index (χ0) is 18.6. The van der Waals surface area contributed by atoms with Crippen LogP contribution in [0.1, 0.15) is 66.4 Å². The third kappa shape index (κ3) is 4.78. The molecular formula is C24H30N2O. The van der Waals surface area contributed by atoms with Crippen molar-refractivity contribution < 1.29 is 4.79 Å². The quantitative estimate of drug-likeness (QED) is 0.649. The van der Waals surface area contributed by atoms with E-state index in [1.807, 2.05) is 30.3 Å². The number of unbranched alkanes of at least 4 members (excludes halogenated alkanes) is 1. The first kappa shape index (κ1) is 18.2. The van der Waals surface area contributed by atoms with Gasteiger partial charge in [-0.3, -0.25) is 4.79 Å². The molecule has 2 fully saturated rings. The fraction of sp³-hybridized carbons (Fsp3) is 0.458. The van der Waals surface area contributed by atoms with Crippen LogP contribution in [0.25, 0.3) is 0 Å². The van der Waals surface area contributed by atoms with Gasteiger partial charge in [0.15, 0.2) is 0 Å². The maximum absolute atomic E-state index is 12.7. The van der Waals surface area contributed by atoms with E-state index in [9.17, 15) is 4.79 Å². The Bertz CT molecular complexity index is 779. The van der Waals surface area contributed by atoms with Gasteiger partial charge in [0.25, 0.3) is 5.91 Å². The summed E-state index contributed by atoms with van der Waals surface area (Å²) in [5.41, 5.74) is 4.18. The SMILES string of the molecule is CCCCc1ccccc1C(=O)Nc1ccc(C2CC2NCC2CC2)cc1. The molecule has 0 bridgehead atoms. The Labute approximate surface area is 162 Å². The van der Waals surface area contributed by atoms with Crippen LogP contribution in [0.5, 0.6) is 0 Å². The molecule has 142 valence electrons. The van der Waals surface area contributed by atoms with E-state index in [0.29, 0.717) is 12.0 Å². The van der Waals surface area contributed by atoms with E-state index in [0.717, 1.165) is 42.0 Å². The molecule has 4 rings (SSSR count). The molecule has 2 aliphatic rings. The molecule has 0 aromatic heterocycles. The molecule has 1 amide bonds. The van der Waals surface area contributed by atoms with Crippen molar-refractivity contribution in [2.45, 2.75) is 57.4 Å². The molecule has 2 aliphatic carbocycles. The Hall–Kier alpha value is -2.13. The zero-order valence-electron chi connectivity index (χ0n) is 16.2. The number of hydrogen-bond acceptors (Lipinski definition) is 2. The summed E-state index contributed by atoms with van der Waals surface area (Å²) in [6.07, 6.45) is 7.24. The third-order valence-corrected chi connectivity index (χ3v) is 5.81. The topological polar surface area (TPSA) is 41.1 Å². The Morgan fingerprint density at radius 1 is 1.07 bits per heavy atom. The monoisotopic (exact) mass is 362 g/mol. The lowest BCUT2D eigenvalue weighted by Crippen LogP contribution is -2.20. The average molecular weight is 363 g/mol. The van der Waals surface area contributed by atoms with Gasteiger partial charge < -0.3 is 10.6 Å². The Balaban J connectivity index is 1.34. The minimum Gasteiger partial charge on any atom is -0.322 e. The van der Waals surface area contributed by atoms with Crippen molar-refractivity contribution in [3.05, 3.63) is 65.2 Å². The summed E-state index contributed by atoms with van der Waals surface area (Å²) < 4.78 is 0. The van der Waals surface area contributed by atoms with Crippen LogP contribution in [0.3, 0.4) is 0 Å². The lowest BCUT2D eigenvalue weighted by molar-refractivity contribution is 0.102. The number of carbonyl (C=O) groups excluding carboxylic acids is 1. The van der Waals surface area contributed by atoms with Gasteiger partial charge in [-0.25, -0.2) is 0 Å². The largest absolute Gasteiger partial charge is 0.322 e. The summed E-state index contributed by atoms with van der Waals surface area (Å²) in [7, 11) is 0. The minimum absolute atomic E-state index is 0.00940. The second-order valence-corrected chi connectivity index (χ2v) is 8.14. The van der Waals surface area contributed by atoms with E-state index in [4.69, 9.17) is 0 Å². The first-order valence-electron chi connectivity index (χ1n) is 10.5. The number of carbonyl (C=O) groups is 1. The fourth-order valence-corrected chi connectivity index (χ4v) is 3.77. The molecule has 2 N–H and O–H groups in total. The Morgan fingerprint density at radius 3 is 2.59 bits per heavy atom. The van der Waals surface area contributed by atoms with E-state index in [1.165, 1.54) is 31.4 Å². The molecule has 0 radical (unpaired) electrons. The van der Waals surface area contributed by atoms with Gasteiger partial charge in [0, 0.05) is 23.2 Å². The highest BCUT2D eigenvalue weighted by Gasteiger charge is 2.38. The number of hydrogen-bond donors (Lipinski definition) is 2. The van der Waals surface area contributed by atoms with Crippen LogP contribution in [0.15, 0.2) is 48.5 Å². The lowest BCUT2D eigenvalue weighted by atomic mass is 10.0. The molecule has 2 atom stereocenters. The molecule has 0 heterocycles. The van der Waals surface area contributed by atoms with Gasteiger partial charge in [0.1, 0.15) is 0 Å². The van der Waals surface area contributed by atoms with Gasteiger partial charge in [-0.1, -0.05) is 43.7 Å². The minimum atomic E-state index is -0.00940. The van der Waals surface area contributed by atoms with Crippen molar-refractivity contribution in [1.29, 1.82) is 0 Å². The molecule has 2 aromatic rings. The van der Waals surface area contributed by atoms with E-state index < -0.39 is 0 Å². The fourth-order valence-electron chi connectivity index (χ4n) is 3.77. The second-order valence-electron chi connectivity index (χ2n) is 8.14. The summed E-state index contributed by atoms with van der Waals surface area (Å²) in [4.78, 5) is 12.7. The molecule has 3 nitrogen and oxygen atoms in total. The van der Waals surface area contributed by atoms with E-state index >= 15 is 0 Å². The summed E-state index contributed by atoms with van der Waals surface area (Å²) in [6.45, 7) is 3.36. The highest BCUT2D eigenvalue weighted by Crippen LogP contribution is 2.41. The highest BCUT2D eigenvalue weighted by atomic mass is 16.1. The molecule has 0 saturated heterocycles. The summed E-state index contributed by atoms with van der Waals surface area (Å²) in [6, 6.07) is 17.0. The summed E-state index contributed by atoms with van der Waals surface area (Å²) in [5, 5.41) is 6.76. The molecule has 2 aromatic carbocycles. The molecule has 2 saturated carbocycles. The maximum atomic E-state index is 12.7. The van der Waals surface area contributed by atoms with Gasteiger partial charge in [-0.05, 0) is 73.9 Å². The third-order valence-electron chi connectivity index (χ3n) is 5.81. The number of amides is 1. The number of aryl methyl sites for hydroxylation is 1. The smallest absolute Gasteiger partial charge is 0.255 e. The van der Waals surface area contributed by atoms with Crippen LogP contribution < -0.4 is 10.6 Å². The van der Waals surface area contributed by atoms with Crippen LogP contribution >= 0.6 is 0 Å². The van der Waals surface area contributed by atoms with E-state index in [2.05, 4.69) is 35.8 Å². The van der Waals surface area contributed by atoms with E-state index in [1.54, 1.807) is 0 Å². The summed E-state index contributed by atoms with van der Waals surface area (Å²) >= 11 is 0. The van der Waals surface area contributed by atoms with Gasteiger partial charge >= 0.3 is 0 Å². The standard InChI is InChI=1S/C24H30N2O/c1-2-3-6-18-7-4-5-8-21(18)24(27)26-20-13-11-19(12-14-20)22-15-23(22)25-16-17-9-10-17/h4-5,7-8,11-14,17,22-23,25H,2-3,6,9-10,15-16H2,1H3,(H,26,27). The van der Waals surface area contributed by atoms with Crippen LogP contribution in [-0.4, -0.2) is 18.5 Å². The maximum Gasteiger partial charge on any atom is 0.255 e. The molecule has 3 heteroatoms.